The highest BCUT2D eigenvalue weighted by atomic mass is 14.8. The third kappa shape index (κ3) is 3.16. The van der Waals surface area contributed by atoms with Crippen molar-refractivity contribution in [3.05, 3.63) is 23.9 Å². The number of unbranched alkanes of at least 4 members (excludes halogenated alkanes) is 2. The molecule has 0 amide bonds. The Morgan fingerprint density at radius 2 is 2.38 bits per heavy atom. The normalized spacial score (nSPS) is 9.00. The Morgan fingerprint density at radius 1 is 1.54 bits per heavy atom. The van der Waals surface area contributed by atoms with Gasteiger partial charge in [0.25, 0.3) is 0 Å². The number of nitrogen functional groups attached to an aromatic ring is 1. The van der Waals surface area contributed by atoms with Gasteiger partial charge in [0.1, 0.15) is 5.82 Å². The van der Waals surface area contributed by atoms with Crippen molar-refractivity contribution in [3.63, 3.8) is 0 Å². The van der Waals surface area contributed by atoms with Crippen molar-refractivity contribution in [2.45, 2.75) is 26.2 Å². The van der Waals surface area contributed by atoms with Crippen molar-refractivity contribution in [2.75, 3.05) is 5.73 Å². The fraction of sp³-hybridized carbons (Fsp3) is 0.364. The molecule has 2 nitrogen and oxygen atoms in total. The first-order valence-corrected chi connectivity index (χ1v) is 4.54. The summed E-state index contributed by atoms with van der Waals surface area (Å²) in [5, 5.41) is 0. The van der Waals surface area contributed by atoms with Crippen LogP contribution in [0.25, 0.3) is 0 Å². The van der Waals surface area contributed by atoms with Gasteiger partial charge in [-0.25, -0.2) is 4.98 Å². The Morgan fingerprint density at radius 3 is 3.08 bits per heavy atom. The summed E-state index contributed by atoms with van der Waals surface area (Å²) in [5.41, 5.74) is 6.45. The highest BCUT2D eigenvalue weighted by molar-refractivity contribution is 5.49. The maximum Gasteiger partial charge on any atom is 0.139 e. The lowest BCUT2D eigenvalue weighted by Crippen LogP contribution is -1.92. The van der Waals surface area contributed by atoms with Crippen LogP contribution in [0.5, 0.6) is 0 Å². The van der Waals surface area contributed by atoms with E-state index in [0.717, 1.165) is 18.4 Å². The Bertz CT molecular complexity index is 320. The summed E-state index contributed by atoms with van der Waals surface area (Å²) >= 11 is 0. The Balaban J connectivity index is 2.61. The molecule has 0 saturated heterocycles. The van der Waals surface area contributed by atoms with Gasteiger partial charge in [-0.3, -0.25) is 0 Å². The number of pyridine rings is 1. The van der Waals surface area contributed by atoms with Gasteiger partial charge >= 0.3 is 0 Å². The first-order chi connectivity index (χ1) is 6.34. The highest BCUT2D eigenvalue weighted by Crippen LogP contribution is 2.04. The van der Waals surface area contributed by atoms with Gasteiger partial charge < -0.3 is 5.73 Å². The van der Waals surface area contributed by atoms with Gasteiger partial charge in [-0.05, 0) is 18.6 Å². The van der Waals surface area contributed by atoms with Crippen molar-refractivity contribution >= 4 is 5.82 Å². The van der Waals surface area contributed by atoms with E-state index in [-0.39, 0.29) is 0 Å². The van der Waals surface area contributed by atoms with E-state index in [0.29, 0.717) is 5.82 Å². The summed E-state index contributed by atoms with van der Waals surface area (Å²) in [6.45, 7) is 2.15. The van der Waals surface area contributed by atoms with Crippen LogP contribution in [0.15, 0.2) is 18.3 Å². The van der Waals surface area contributed by atoms with E-state index in [1.54, 1.807) is 6.20 Å². The van der Waals surface area contributed by atoms with E-state index in [4.69, 9.17) is 5.73 Å². The second kappa shape index (κ2) is 5.21. The minimum Gasteiger partial charge on any atom is -0.383 e. The molecule has 0 aliphatic carbocycles. The number of nitrogens with two attached hydrogens (primary N) is 1. The van der Waals surface area contributed by atoms with Crippen molar-refractivity contribution in [3.8, 4) is 11.8 Å². The minimum absolute atomic E-state index is 0.520. The molecule has 1 aromatic rings. The fourth-order valence-corrected chi connectivity index (χ4v) is 0.946. The molecule has 0 unspecified atom stereocenters. The standard InChI is InChI=1S/C11H14N2/c1-2-3-4-5-7-10-8-6-9-13-11(10)12/h6,8-9H,2-4H2,1H3,(H2,12,13). The van der Waals surface area contributed by atoms with Gasteiger partial charge in [0, 0.05) is 12.6 Å². The Labute approximate surface area is 79.2 Å². The van der Waals surface area contributed by atoms with E-state index in [9.17, 15) is 0 Å². The molecule has 13 heavy (non-hydrogen) atoms. The highest BCUT2D eigenvalue weighted by Gasteiger charge is 1.91. The number of hydrogen-bond donors (Lipinski definition) is 1. The molecule has 2 heteroatoms. The van der Waals surface area contributed by atoms with Crippen LogP contribution >= 0.6 is 0 Å². The van der Waals surface area contributed by atoms with E-state index < -0.39 is 0 Å². The molecule has 0 aromatic carbocycles. The smallest absolute Gasteiger partial charge is 0.139 e. The monoisotopic (exact) mass is 174 g/mol. The third-order valence-electron chi connectivity index (χ3n) is 1.72. The predicted molar refractivity (Wildman–Crippen MR) is 55.1 cm³/mol. The van der Waals surface area contributed by atoms with Crippen LogP contribution in [0.2, 0.25) is 0 Å². The average Bonchev–Trinajstić information content (AvgIpc) is 2.15. The van der Waals surface area contributed by atoms with Crippen LogP contribution in [-0.4, -0.2) is 4.98 Å². The van der Waals surface area contributed by atoms with E-state index in [1.807, 2.05) is 12.1 Å². The summed E-state index contributed by atoms with van der Waals surface area (Å²) in [5.74, 6) is 6.60. The lowest BCUT2D eigenvalue weighted by molar-refractivity contribution is 0.828. The van der Waals surface area contributed by atoms with Crippen molar-refractivity contribution in [1.82, 2.24) is 4.98 Å². The lowest BCUT2D eigenvalue weighted by atomic mass is 10.2. The summed E-state index contributed by atoms with van der Waals surface area (Å²) in [6, 6.07) is 3.74. The van der Waals surface area contributed by atoms with E-state index in [2.05, 4.69) is 23.7 Å². The van der Waals surface area contributed by atoms with Crippen LogP contribution in [0.3, 0.4) is 0 Å². The summed E-state index contributed by atoms with van der Waals surface area (Å²) in [7, 11) is 0. The molecule has 1 heterocycles. The number of aromatic nitrogens is 1. The maximum atomic E-state index is 5.62. The predicted octanol–water partition coefficient (Wildman–Crippen LogP) is 2.21. The molecule has 0 atom stereocenters. The van der Waals surface area contributed by atoms with Crippen LogP contribution in [0.1, 0.15) is 31.7 Å². The van der Waals surface area contributed by atoms with E-state index >= 15 is 0 Å². The minimum atomic E-state index is 0.520. The number of rotatable bonds is 2. The van der Waals surface area contributed by atoms with Crippen LogP contribution < -0.4 is 5.73 Å². The topological polar surface area (TPSA) is 38.9 Å². The maximum absolute atomic E-state index is 5.62. The molecule has 0 radical (unpaired) electrons. The second-order valence-corrected chi connectivity index (χ2v) is 2.84. The summed E-state index contributed by atoms with van der Waals surface area (Å²) < 4.78 is 0. The molecule has 0 aliphatic heterocycles. The Kier molecular flexibility index (Phi) is 3.84. The van der Waals surface area contributed by atoms with Gasteiger partial charge in [0.2, 0.25) is 0 Å². The van der Waals surface area contributed by atoms with Crippen molar-refractivity contribution in [1.29, 1.82) is 0 Å². The van der Waals surface area contributed by atoms with Crippen molar-refractivity contribution in [2.24, 2.45) is 0 Å². The molecule has 0 fully saturated rings. The van der Waals surface area contributed by atoms with E-state index in [1.165, 1.54) is 6.42 Å². The largest absolute Gasteiger partial charge is 0.383 e. The van der Waals surface area contributed by atoms with Gasteiger partial charge in [0.15, 0.2) is 0 Å². The molecule has 1 aromatic heterocycles. The van der Waals surface area contributed by atoms with Gasteiger partial charge in [-0.15, -0.1) is 0 Å². The molecular formula is C11H14N2. The number of nitrogens with zero attached hydrogens (tertiary/aromatic N) is 1. The average molecular weight is 174 g/mol. The summed E-state index contributed by atoms with van der Waals surface area (Å²) in [4.78, 5) is 3.95. The molecule has 68 valence electrons. The van der Waals surface area contributed by atoms with Crippen LogP contribution in [-0.2, 0) is 0 Å². The second-order valence-electron chi connectivity index (χ2n) is 2.84. The number of hydrogen-bond acceptors (Lipinski definition) is 2. The molecule has 0 spiro atoms. The molecule has 0 bridgehead atoms. The quantitative estimate of drug-likeness (QED) is 0.551. The third-order valence-corrected chi connectivity index (χ3v) is 1.72. The zero-order chi connectivity index (χ0) is 9.52. The molecule has 0 aliphatic rings. The fourth-order valence-electron chi connectivity index (χ4n) is 0.946. The lowest BCUT2D eigenvalue weighted by Gasteiger charge is -1.93. The SMILES string of the molecule is CCCCC#Cc1cccnc1N. The first-order valence-electron chi connectivity index (χ1n) is 4.54. The van der Waals surface area contributed by atoms with Gasteiger partial charge in [0.05, 0.1) is 5.56 Å². The van der Waals surface area contributed by atoms with Gasteiger partial charge in [-0.1, -0.05) is 25.2 Å². The number of anilines is 1. The molecule has 2 N–H and O–H groups in total. The Hall–Kier alpha value is -1.49. The zero-order valence-electron chi connectivity index (χ0n) is 7.88. The van der Waals surface area contributed by atoms with Crippen molar-refractivity contribution < 1.29 is 0 Å². The molecular weight excluding hydrogens is 160 g/mol. The van der Waals surface area contributed by atoms with Gasteiger partial charge in [-0.2, -0.15) is 0 Å². The van der Waals surface area contributed by atoms with Crippen LogP contribution in [0.4, 0.5) is 5.82 Å². The summed E-state index contributed by atoms with van der Waals surface area (Å²) in [6.07, 6.45) is 4.93. The molecule has 1 rings (SSSR count). The molecule has 0 saturated carbocycles. The van der Waals surface area contributed by atoms with Crippen LogP contribution in [0, 0.1) is 11.8 Å². The zero-order valence-corrected chi connectivity index (χ0v) is 7.88. The first kappa shape index (κ1) is 9.60.